The molecule has 6 rings (SSSR count). The standard InChI is InChI=1S/C27H28FN5O/c1-32-20-7-8-21(32)15-33(14-20)19-5-2-16(3-6-19)23-13-24(26(29)31-25(23)28)17-4-9-22-18(12-17)10-11-30-27(22)34/h2-6,9,12-13,20-21H,7-8,10-11,14-15H2,1H3,(H2,29,31)(H,30,34)/t20-,21+. The van der Waals surface area contributed by atoms with Crippen LogP contribution in [0.2, 0.25) is 0 Å². The molecule has 3 aliphatic rings. The predicted octanol–water partition coefficient (Wildman–Crippen LogP) is 3.71. The number of pyridine rings is 1. The number of nitrogens with one attached hydrogen (secondary N) is 1. The van der Waals surface area contributed by atoms with E-state index < -0.39 is 5.95 Å². The largest absolute Gasteiger partial charge is 0.383 e. The van der Waals surface area contributed by atoms with E-state index in [-0.39, 0.29) is 11.7 Å². The third-order valence-corrected chi connectivity index (χ3v) is 7.74. The SMILES string of the molecule is CN1[C@@H]2CC[C@H]1CN(c1ccc(-c3cc(-c4ccc5c(c4)CCNC5=O)c(N)nc3F)cc1)C2. The molecule has 0 unspecified atom stereocenters. The van der Waals surface area contributed by atoms with Crippen molar-refractivity contribution in [2.45, 2.75) is 31.3 Å². The monoisotopic (exact) mass is 457 g/mol. The Bertz CT molecular complexity index is 1260. The molecule has 2 saturated heterocycles. The number of fused-ring (bicyclic) bond motifs is 3. The number of hydrogen-bond donors (Lipinski definition) is 2. The zero-order chi connectivity index (χ0) is 23.4. The number of halogens is 1. The number of piperazine rings is 1. The molecule has 0 aliphatic carbocycles. The van der Waals surface area contributed by atoms with Gasteiger partial charge in [0.15, 0.2) is 0 Å². The lowest BCUT2D eigenvalue weighted by Crippen LogP contribution is -2.51. The Labute approximate surface area is 198 Å². The van der Waals surface area contributed by atoms with Crippen LogP contribution in [0.1, 0.15) is 28.8 Å². The van der Waals surface area contributed by atoms with Crippen molar-refractivity contribution < 1.29 is 9.18 Å². The maximum Gasteiger partial charge on any atom is 0.251 e. The van der Waals surface area contributed by atoms with Gasteiger partial charge in [-0.1, -0.05) is 24.3 Å². The van der Waals surface area contributed by atoms with Crippen LogP contribution in [-0.2, 0) is 6.42 Å². The van der Waals surface area contributed by atoms with E-state index in [0.29, 0.717) is 35.3 Å². The second kappa shape index (κ2) is 8.09. The summed E-state index contributed by atoms with van der Waals surface area (Å²) in [5, 5.41) is 2.85. The van der Waals surface area contributed by atoms with Crippen LogP contribution in [0.15, 0.2) is 48.5 Å². The number of carbonyl (C=O) groups excluding carboxylic acids is 1. The Hall–Kier alpha value is -3.45. The van der Waals surface area contributed by atoms with Crippen molar-refractivity contribution in [2.75, 3.05) is 37.3 Å². The number of amides is 1. The van der Waals surface area contributed by atoms with Gasteiger partial charge in [0.1, 0.15) is 5.82 Å². The van der Waals surface area contributed by atoms with Crippen LogP contribution in [0.25, 0.3) is 22.3 Å². The summed E-state index contributed by atoms with van der Waals surface area (Å²) in [6.07, 6.45) is 3.27. The Kier molecular flexibility index (Phi) is 5.03. The van der Waals surface area contributed by atoms with E-state index in [1.807, 2.05) is 24.3 Å². The number of nitrogens with zero attached hydrogens (tertiary/aromatic N) is 3. The molecule has 3 aliphatic heterocycles. The van der Waals surface area contributed by atoms with E-state index in [1.54, 1.807) is 12.1 Å². The van der Waals surface area contributed by atoms with E-state index in [9.17, 15) is 9.18 Å². The molecule has 1 amide bonds. The van der Waals surface area contributed by atoms with Crippen LogP contribution in [0, 0.1) is 5.95 Å². The van der Waals surface area contributed by atoms with Crippen LogP contribution in [0.5, 0.6) is 0 Å². The van der Waals surface area contributed by atoms with Crippen LogP contribution in [-0.4, -0.2) is 54.6 Å². The topological polar surface area (TPSA) is 74.5 Å². The number of rotatable bonds is 3. The Balaban J connectivity index is 1.31. The summed E-state index contributed by atoms with van der Waals surface area (Å²) < 4.78 is 14.9. The summed E-state index contributed by atoms with van der Waals surface area (Å²) in [4.78, 5) is 21.0. The molecule has 2 bridgehead atoms. The van der Waals surface area contributed by atoms with E-state index in [0.717, 1.165) is 36.2 Å². The summed E-state index contributed by atoms with van der Waals surface area (Å²) in [5.41, 5.74) is 11.6. The van der Waals surface area contributed by atoms with Crippen LogP contribution < -0.4 is 16.0 Å². The first kappa shape index (κ1) is 21.1. The highest BCUT2D eigenvalue weighted by Crippen LogP contribution is 2.35. The minimum Gasteiger partial charge on any atom is -0.383 e. The molecule has 174 valence electrons. The third-order valence-electron chi connectivity index (χ3n) is 7.74. The lowest BCUT2D eigenvalue weighted by atomic mass is 9.94. The zero-order valence-electron chi connectivity index (χ0n) is 19.2. The lowest BCUT2D eigenvalue weighted by molar-refractivity contribution is 0.0946. The number of anilines is 2. The molecule has 6 nitrogen and oxygen atoms in total. The smallest absolute Gasteiger partial charge is 0.251 e. The summed E-state index contributed by atoms with van der Waals surface area (Å²) in [5.74, 6) is -0.498. The van der Waals surface area contributed by atoms with Gasteiger partial charge in [0.2, 0.25) is 5.95 Å². The van der Waals surface area contributed by atoms with Gasteiger partial charge >= 0.3 is 0 Å². The highest BCUT2D eigenvalue weighted by atomic mass is 19.1. The highest BCUT2D eigenvalue weighted by Gasteiger charge is 2.37. The maximum absolute atomic E-state index is 14.9. The molecule has 34 heavy (non-hydrogen) atoms. The molecule has 0 radical (unpaired) electrons. The average Bonchev–Trinajstić information content (AvgIpc) is 3.04. The first-order valence-corrected chi connectivity index (χ1v) is 11.9. The van der Waals surface area contributed by atoms with Gasteiger partial charge in [-0.3, -0.25) is 9.69 Å². The van der Waals surface area contributed by atoms with Crippen LogP contribution in [0.4, 0.5) is 15.9 Å². The van der Waals surface area contributed by atoms with Crippen molar-refractivity contribution in [1.29, 1.82) is 0 Å². The zero-order valence-corrected chi connectivity index (χ0v) is 19.2. The quantitative estimate of drug-likeness (QED) is 0.587. The maximum atomic E-state index is 14.9. The minimum absolute atomic E-state index is 0.0628. The van der Waals surface area contributed by atoms with E-state index in [1.165, 1.54) is 18.5 Å². The summed E-state index contributed by atoms with van der Waals surface area (Å²) in [6, 6.07) is 16.7. The van der Waals surface area contributed by atoms with Crippen molar-refractivity contribution in [3.8, 4) is 22.3 Å². The van der Waals surface area contributed by atoms with Crippen molar-refractivity contribution >= 4 is 17.4 Å². The normalized spacial score (nSPS) is 21.9. The number of hydrogen-bond acceptors (Lipinski definition) is 5. The van der Waals surface area contributed by atoms with E-state index in [2.05, 4.69) is 39.3 Å². The Morgan fingerprint density at radius 3 is 2.41 bits per heavy atom. The second-order valence-corrected chi connectivity index (χ2v) is 9.64. The molecular weight excluding hydrogens is 429 g/mol. The van der Waals surface area contributed by atoms with Gasteiger partial charge < -0.3 is 16.0 Å². The minimum atomic E-state index is -0.580. The molecule has 0 saturated carbocycles. The van der Waals surface area contributed by atoms with Gasteiger partial charge in [-0.2, -0.15) is 4.39 Å². The van der Waals surface area contributed by atoms with E-state index in [4.69, 9.17) is 5.73 Å². The Morgan fingerprint density at radius 1 is 0.971 bits per heavy atom. The van der Waals surface area contributed by atoms with Gasteiger partial charge in [0, 0.05) is 54.1 Å². The molecule has 7 heteroatoms. The fourth-order valence-corrected chi connectivity index (χ4v) is 5.71. The van der Waals surface area contributed by atoms with Gasteiger partial charge in [0.25, 0.3) is 5.91 Å². The number of nitrogens with two attached hydrogens (primary N) is 1. The van der Waals surface area contributed by atoms with Gasteiger partial charge in [0.05, 0.1) is 0 Å². The molecular formula is C27H28FN5O. The molecule has 4 heterocycles. The molecule has 2 aromatic carbocycles. The average molecular weight is 458 g/mol. The van der Waals surface area contributed by atoms with E-state index >= 15 is 0 Å². The summed E-state index contributed by atoms with van der Waals surface area (Å²) >= 11 is 0. The van der Waals surface area contributed by atoms with Crippen LogP contribution >= 0.6 is 0 Å². The van der Waals surface area contributed by atoms with Crippen molar-refractivity contribution in [2.24, 2.45) is 0 Å². The molecule has 3 N–H and O–H groups in total. The number of carbonyl (C=O) groups is 1. The molecule has 2 fully saturated rings. The van der Waals surface area contributed by atoms with Gasteiger partial charge in [-0.05, 0) is 67.3 Å². The van der Waals surface area contributed by atoms with Gasteiger partial charge in [-0.15, -0.1) is 0 Å². The number of benzene rings is 2. The Morgan fingerprint density at radius 2 is 1.68 bits per heavy atom. The summed E-state index contributed by atoms with van der Waals surface area (Å²) in [7, 11) is 2.23. The molecule has 3 aromatic rings. The fraction of sp³-hybridized carbons (Fsp3) is 0.333. The number of likely N-dealkylation sites (N-methyl/N-ethyl adjacent to an activating group) is 1. The highest BCUT2D eigenvalue weighted by molar-refractivity contribution is 5.97. The van der Waals surface area contributed by atoms with Crippen molar-refractivity contribution in [3.05, 3.63) is 65.6 Å². The number of aromatic nitrogens is 1. The first-order valence-electron chi connectivity index (χ1n) is 11.9. The third kappa shape index (κ3) is 3.51. The second-order valence-electron chi connectivity index (χ2n) is 9.64. The van der Waals surface area contributed by atoms with Crippen LogP contribution in [0.3, 0.4) is 0 Å². The molecule has 0 spiro atoms. The van der Waals surface area contributed by atoms with Gasteiger partial charge in [-0.25, -0.2) is 4.98 Å². The number of nitrogen functional groups attached to an aromatic ring is 1. The molecule has 2 atom stereocenters. The van der Waals surface area contributed by atoms with Crippen molar-refractivity contribution in [1.82, 2.24) is 15.2 Å². The predicted molar refractivity (Wildman–Crippen MR) is 132 cm³/mol. The van der Waals surface area contributed by atoms with Crippen molar-refractivity contribution in [3.63, 3.8) is 0 Å². The first-order chi connectivity index (χ1) is 16.5. The molecule has 1 aromatic heterocycles. The fourth-order valence-electron chi connectivity index (χ4n) is 5.71. The lowest BCUT2D eigenvalue weighted by Gasteiger charge is -2.40. The summed E-state index contributed by atoms with van der Waals surface area (Å²) in [6.45, 7) is 2.67.